The summed E-state index contributed by atoms with van der Waals surface area (Å²) in [6, 6.07) is 2.40. The van der Waals surface area contributed by atoms with Crippen LogP contribution in [-0.4, -0.2) is 60.1 Å². The van der Waals surface area contributed by atoms with Crippen molar-refractivity contribution in [2.45, 2.75) is 65.6 Å². The number of piperazine rings is 1. The van der Waals surface area contributed by atoms with Crippen molar-refractivity contribution in [3.05, 3.63) is 22.4 Å². The van der Waals surface area contributed by atoms with Gasteiger partial charge in [0.2, 0.25) is 0 Å². The van der Waals surface area contributed by atoms with Gasteiger partial charge in [0.05, 0.1) is 24.4 Å². The maximum atomic E-state index is 12.2. The molecular weight excluding hydrogens is 396 g/mol. The summed E-state index contributed by atoms with van der Waals surface area (Å²) in [6.07, 6.45) is 3.60. The van der Waals surface area contributed by atoms with Crippen LogP contribution in [-0.2, 0) is 38.5 Å². The molecule has 3 rings (SSSR count). The molecule has 168 valence electrons. The van der Waals surface area contributed by atoms with E-state index in [0.29, 0.717) is 50.6 Å². The molecule has 1 aromatic rings. The monoisotopic (exact) mass is 428 g/mol. The fourth-order valence-corrected chi connectivity index (χ4v) is 4.16. The number of carbonyl (C=O) groups is 2. The van der Waals surface area contributed by atoms with Crippen molar-refractivity contribution in [2.75, 3.05) is 37.7 Å². The van der Waals surface area contributed by atoms with E-state index in [1.165, 1.54) is 4.90 Å². The van der Waals surface area contributed by atoms with Crippen LogP contribution in [0.3, 0.4) is 0 Å². The number of nitrogens with zero attached hydrogens (tertiary/aromatic N) is 4. The fourth-order valence-electron chi connectivity index (χ4n) is 4.16. The molecule has 8 heteroatoms. The highest BCUT2D eigenvalue weighted by Crippen LogP contribution is 2.36. The van der Waals surface area contributed by atoms with E-state index >= 15 is 0 Å². The predicted molar refractivity (Wildman–Crippen MR) is 116 cm³/mol. The summed E-state index contributed by atoms with van der Waals surface area (Å²) in [5.74, 6) is -0.735. The Bertz CT molecular complexity index is 883. The van der Waals surface area contributed by atoms with Gasteiger partial charge in [-0.3, -0.25) is 4.79 Å². The molecule has 0 bridgehead atoms. The highest BCUT2D eigenvalue weighted by atomic mass is 16.5. The van der Waals surface area contributed by atoms with Gasteiger partial charge in [0.25, 0.3) is 0 Å². The lowest BCUT2D eigenvalue weighted by Crippen LogP contribution is -2.51. The Balaban J connectivity index is 1.88. The Kier molecular flexibility index (Phi) is 7.16. The Morgan fingerprint density at radius 2 is 1.90 bits per heavy atom. The maximum absolute atomic E-state index is 12.2. The van der Waals surface area contributed by atoms with Crippen molar-refractivity contribution < 1.29 is 19.1 Å². The zero-order chi connectivity index (χ0) is 22.6. The van der Waals surface area contributed by atoms with Gasteiger partial charge >= 0.3 is 11.9 Å². The Morgan fingerprint density at radius 3 is 2.52 bits per heavy atom. The number of amides is 1. The van der Waals surface area contributed by atoms with E-state index in [1.807, 2.05) is 13.8 Å². The molecule has 0 aliphatic carbocycles. The van der Waals surface area contributed by atoms with Gasteiger partial charge < -0.3 is 19.3 Å². The van der Waals surface area contributed by atoms with Gasteiger partial charge in [0, 0.05) is 43.9 Å². The first-order valence-corrected chi connectivity index (χ1v) is 11.1. The van der Waals surface area contributed by atoms with E-state index in [0.717, 1.165) is 36.1 Å². The second kappa shape index (κ2) is 9.65. The smallest absolute Gasteiger partial charge is 0.397 e. The second-order valence-corrected chi connectivity index (χ2v) is 8.65. The zero-order valence-corrected chi connectivity index (χ0v) is 19.0. The molecule has 2 aliphatic heterocycles. The van der Waals surface area contributed by atoms with Crippen LogP contribution >= 0.6 is 0 Å². The molecule has 2 aliphatic rings. The lowest BCUT2D eigenvalue weighted by molar-refractivity contribution is -0.160. The first kappa shape index (κ1) is 23.0. The number of hydrogen-bond acceptors (Lipinski definition) is 7. The van der Waals surface area contributed by atoms with Crippen LogP contribution in [0.15, 0.2) is 0 Å². The van der Waals surface area contributed by atoms with Crippen molar-refractivity contribution in [3.8, 4) is 6.07 Å². The highest BCUT2D eigenvalue weighted by molar-refractivity contribution is 6.32. The lowest BCUT2D eigenvalue weighted by atomic mass is 9.87. The highest BCUT2D eigenvalue weighted by Gasteiger charge is 2.34. The minimum atomic E-state index is -0.815. The van der Waals surface area contributed by atoms with Crippen LogP contribution in [0.25, 0.3) is 0 Å². The van der Waals surface area contributed by atoms with Gasteiger partial charge in [-0.05, 0) is 39.2 Å². The van der Waals surface area contributed by atoms with Gasteiger partial charge in [0.15, 0.2) is 0 Å². The number of pyridine rings is 1. The van der Waals surface area contributed by atoms with Gasteiger partial charge in [-0.2, -0.15) is 5.26 Å². The molecule has 1 aromatic heterocycles. The van der Waals surface area contributed by atoms with E-state index in [1.54, 1.807) is 6.92 Å². The first-order valence-electron chi connectivity index (χ1n) is 11.1. The van der Waals surface area contributed by atoms with Crippen molar-refractivity contribution in [1.82, 2.24) is 9.88 Å². The molecule has 0 aromatic carbocycles. The number of unbranched alkanes of at least 4 members (excludes halogenated alkanes) is 1. The number of aryl methyl sites for hydroxylation is 1. The van der Waals surface area contributed by atoms with Crippen LogP contribution < -0.4 is 4.90 Å². The number of aromatic nitrogens is 1. The topological polar surface area (TPSA) is 95.8 Å². The number of nitriles is 1. The minimum Gasteiger partial charge on any atom is -0.459 e. The number of carbonyl (C=O) groups excluding carboxylic acids is 2. The van der Waals surface area contributed by atoms with E-state index < -0.39 is 11.9 Å². The van der Waals surface area contributed by atoms with Crippen molar-refractivity contribution in [3.63, 3.8) is 0 Å². The standard InChI is InChI=1S/C23H32N4O4/c1-5-7-8-19-18-15-31-23(3,4)13-16(18)17(14-24)20(25-19)26-9-11-27(12-10-26)21(28)22(29)30-6-2/h5-13,15H2,1-4H3. The molecule has 1 amide bonds. The summed E-state index contributed by atoms with van der Waals surface area (Å²) in [6.45, 7) is 10.4. The average molecular weight is 429 g/mol. The van der Waals surface area contributed by atoms with Gasteiger partial charge in [-0.25, -0.2) is 9.78 Å². The summed E-state index contributed by atoms with van der Waals surface area (Å²) in [7, 11) is 0. The molecule has 0 atom stereocenters. The van der Waals surface area contributed by atoms with Crippen LogP contribution in [0.4, 0.5) is 5.82 Å². The van der Waals surface area contributed by atoms with Gasteiger partial charge in [0.1, 0.15) is 11.9 Å². The number of rotatable bonds is 5. The number of anilines is 1. The first-order chi connectivity index (χ1) is 14.8. The molecule has 31 heavy (non-hydrogen) atoms. The fraction of sp³-hybridized carbons (Fsp3) is 0.652. The van der Waals surface area contributed by atoms with Gasteiger partial charge in [-0.15, -0.1) is 0 Å². The minimum absolute atomic E-state index is 0.176. The average Bonchev–Trinajstić information content (AvgIpc) is 2.76. The third-order valence-corrected chi connectivity index (χ3v) is 5.88. The predicted octanol–water partition coefficient (Wildman–Crippen LogP) is 2.36. The molecular formula is C23H32N4O4. The molecule has 8 nitrogen and oxygen atoms in total. The molecule has 0 radical (unpaired) electrons. The number of fused-ring (bicyclic) bond motifs is 1. The summed E-state index contributed by atoms with van der Waals surface area (Å²) in [5.41, 5.74) is 3.39. The summed E-state index contributed by atoms with van der Waals surface area (Å²) in [4.78, 5) is 32.5. The van der Waals surface area contributed by atoms with E-state index in [9.17, 15) is 14.9 Å². The van der Waals surface area contributed by atoms with Crippen LogP contribution in [0, 0.1) is 11.3 Å². The third kappa shape index (κ3) is 4.99. The van der Waals surface area contributed by atoms with Gasteiger partial charge in [-0.1, -0.05) is 13.3 Å². The van der Waals surface area contributed by atoms with Crippen molar-refractivity contribution in [1.29, 1.82) is 5.26 Å². The largest absolute Gasteiger partial charge is 0.459 e. The molecule has 0 N–H and O–H groups in total. The van der Waals surface area contributed by atoms with E-state index in [4.69, 9.17) is 14.5 Å². The van der Waals surface area contributed by atoms with Crippen molar-refractivity contribution >= 4 is 17.7 Å². The number of hydrogen-bond donors (Lipinski definition) is 0. The maximum Gasteiger partial charge on any atom is 0.397 e. The zero-order valence-electron chi connectivity index (χ0n) is 19.0. The normalized spacial score (nSPS) is 17.6. The molecule has 0 saturated carbocycles. The Morgan fingerprint density at radius 1 is 1.19 bits per heavy atom. The molecule has 0 spiro atoms. The Labute approximate surface area is 184 Å². The molecule has 1 fully saturated rings. The lowest BCUT2D eigenvalue weighted by Gasteiger charge is -2.38. The molecule has 0 unspecified atom stereocenters. The van der Waals surface area contributed by atoms with E-state index in [-0.39, 0.29) is 12.2 Å². The Hall–Kier alpha value is -2.66. The quantitative estimate of drug-likeness (QED) is 0.525. The number of ether oxygens (including phenoxy) is 2. The summed E-state index contributed by atoms with van der Waals surface area (Å²) >= 11 is 0. The van der Waals surface area contributed by atoms with Crippen LogP contribution in [0.1, 0.15) is 62.9 Å². The summed E-state index contributed by atoms with van der Waals surface area (Å²) < 4.78 is 10.9. The van der Waals surface area contributed by atoms with Crippen molar-refractivity contribution in [2.24, 2.45) is 0 Å². The SMILES string of the molecule is CCCCc1nc(N2CCN(C(=O)C(=O)OCC)CC2)c(C#N)c2c1COC(C)(C)C2. The number of esters is 1. The van der Waals surface area contributed by atoms with E-state index in [2.05, 4.69) is 17.9 Å². The summed E-state index contributed by atoms with van der Waals surface area (Å²) in [5, 5.41) is 10.0. The molecule has 3 heterocycles. The molecule has 1 saturated heterocycles. The van der Waals surface area contributed by atoms with Crippen LogP contribution in [0.2, 0.25) is 0 Å². The second-order valence-electron chi connectivity index (χ2n) is 8.65. The third-order valence-electron chi connectivity index (χ3n) is 5.88. The van der Waals surface area contributed by atoms with Crippen LogP contribution in [0.5, 0.6) is 0 Å².